The predicted octanol–water partition coefficient (Wildman–Crippen LogP) is 3.40. The van der Waals surface area contributed by atoms with Gasteiger partial charge in [-0.15, -0.1) is 0 Å². The van der Waals surface area contributed by atoms with Crippen molar-refractivity contribution < 1.29 is 87.3 Å². The monoisotopic (exact) mass is 966 g/mol. The molecule has 4 heterocycles. The van der Waals surface area contributed by atoms with E-state index in [1.54, 1.807) is 32.7 Å². The van der Waals surface area contributed by atoms with Crippen LogP contribution in [0.4, 0.5) is 9.59 Å². The maximum Gasteiger partial charge on any atom is 0.499 e. The minimum absolute atomic E-state index is 0.0268. The van der Waals surface area contributed by atoms with Crippen molar-refractivity contribution in [2.75, 3.05) is 39.5 Å². The number of esters is 2. The Kier molecular flexibility index (Phi) is 16.9. The van der Waals surface area contributed by atoms with Crippen LogP contribution in [-0.4, -0.2) is 131 Å². The van der Waals surface area contributed by atoms with Gasteiger partial charge in [-0.1, -0.05) is 13.2 Å². The van der Waals surface area contributed by atoms with E-state index in [0.717, 1.165) is 0 Å². The van der Waals surface area contributed by atoms with Crippen LogP contribution in [0.3, 0.4) is 0 Å². The highest BCUT2D eigenvalue weighted by atomic mass is 32.2. The lowest BCUT2D eigenvalue weighted by atomic mass is 10.4. The molecule has 0 saturated carbocycles. The van der Waals surface area contributed by atoms with Crippen molar-refractivity contribution >= 4 is 98.1 Å². The van der Waals surface area contributed by atoms with Crippen LogP contribution in [0.5, 0.6) is 0 Å². The smallest absolute Gasteiger partial charge is 0.460 e. The molecule has 22 nitrogen and oxygen atoms in total. The molecule has 6 bridgehead atoms. The van der Waals surface area contributed by atoms with Gasteiger partial charge >= 0.3 is 85.8 Å². The zero-order valence-electron chi connectivity index (χ0n) is 34.1. The molecular weight excluding hydrogens is 913 g/mol. The number of amides is 2. The van der Waals surface area contributed by atoms with E-state index in [0.29, 0.717) is 12.3 Å². The van der Waals surface area contributed by atoms with Gasteiger partial charge in [0.1, 0.15) is 25.5 Å². The minimum Gasteiger partial charge on any atom is -0.460 e. The molecule has 7 unspecified atom stereocenters. The van der Waals surface area contributed by atoms with E-state index in [2.05, 4.69) is 23.8 Å². The van der Waals surface area contributed by atoms with E-state index in [-0.39, 0.29) is 75.6 Å². The van der Waals surface area contributed by atoms with Gasteiger partial charge in [0.05, 0.1) is 26.3 Å². The molecule has 330 valence electrons. The summed E-state index contributed by atoms with van der Waals surface area (Å²) >= 11 is 0.571. The maximum atomic E-state index is 12.4. The molecule has 30 heteroatoms. The van der Waals surface area contributed by atoms with Crippen molar-refractivity contribution in [3.63, 3.8) is 0 Å². The summed E-state index contributed by atoms with van der Waals surface area (Å²) in [5, 5.41) is 5.02. The van der Waals surface area contributed by atoms with Gasteiger partial charge in [0.2, 0.25) is 0 Å². The van der Waals surface area contributed by atoms with Gasteiger partial charge in [-0.2, -0.15) is 0 Å². The highest BCUT2D eigenvalue weighted by Crippen LogP contribution is 2.47. The maximum absolute atomic E-state index is 12.4. The first-order valence-corrected chi connectivity index (χ1v) is 34.1. The Hall–Kier alpha value is -1.65. The fourth-order valence-electron chi connectivity index (χ4n) is 5.89. The molecule has 0 aromatic carbocycles. The summed E-state index contributed by atoms with van der Waals surface area (Å²) in [6.45, 7) is 21.7. The first kappa shape index (κ1) is 49.0. The highest BCUT2D eigenvalue weighted by Gasteiger charge is 2.75. The Balaban J connectivity index is 1.51. The summed E-state index contributed by atoms with van der Waals surface area (Å²) in [7, 11) is -27.6. The lowest BCUT2D eigenvalue weighted by Crippen LogP contribution is -2.81. The molecule has 4 saturated heterocycles. The third-order valence-corrected chi connectivity index (χ3v) is 38.7. The lowest BCUT2D eigenvalue weighted by molar-refractivity contribution is -0.139. The summed E-state index contributed by atoms with van der Waals surface area (Å²) in [5.74, 6) is -1.13. The van der Waals surface area contributed by atoms with E-state index in [9.17, 15) is 19.2 Å². The van der Waals surface area contributed by atoms with Crippen LogP contribution in [0.15, 0.2) is 24.3 Å². The number of hydrogen-bond acceptors (Lipinski definition) is 21. The molecule has 0 aromatic rings. The number of ether oxygens (including phenoxy) is 4. The standard InChI is InChI=1S/C28H54N2O20SSi7/c1-22(2)25(31)35-18-14-29-27(33)37-16-12-20-57-41-51-40-53(8)43-55(10,49-57)45-56(11)44-54(9,48-57)42-52(7,39-24(5)6)46-58(47-53,50-56)21-13-17-38-28(34)30-15-19-36-26(32)23(3)4/h24H,1,3,12-21H2,2,4-11H3,(H,29,33)(H,30,34). The number of carbonyl (C=O) groups is 4. The van der Waals surface area contributed by atoms with Crippen molar-refractivity contribution in [3.8, 4) is 0 Å². The molecule has 4 aliphatic heterocycles. The van der Waals surface area contributed by atoms with Crippen molar-refractivity contribution in [1.82, 2.24) is 10.6 Å². The number of carbonyl (C=O) groups excluding carboxylic acids is 4. The Morgan fingerprint density at radius 1 is 0.569 bits per heavy atom. The van der Waals surface area contributed by atoms with Gasteiger partial charge in [0.15, 0.2) is 0 Å². The van der Waals surface area contributed by atoms with E-state index in [1.165, 1.54) is 13.8 Å². The van der Waals surface area contributed by atoms with Crippen LogP contribution in [0.2, 0.25) is 44.8 Å². The molecule has 2 amide bonds. The van der Waals surface area contributed by atoms with E-state index >= 15 is 0 Å². The summed E-state index contributed by atoms with van der Waals surface area (Å²) in [5.41, 5.74) is 0.482. The van der Waals surface area contributed by atoms with Crippen LogP contribution in [0.1, 0.15) is 40.5 Å². The van der Waals surface area contributed by atoms with Gasteiger partial charge in [0, 0.05) is 62.1 Å². The predicted molar refractivity (Wildman–Crippen MR) is 214 cm³/mol. The van der Waals surface area contributed by atoms with Crippen LogP contribution >= 0.6 is 12.3 Å². The second-order valence-corrected chi connectivity index (χ2v) is 35.6. The average Bonchev–Trinajstić information content (AvgIpc) is 3.05. The summed E-state index contributed by atoms with van der Waals surface area (Å²) in [6.07, 6.45) is -1.48. The second kappa shape index (κ2) is 20.0. The van der Waals surface area contributed by atoms with Crippen LogP contribution in [0.25, 0.3) is 0 Å². The zero-order chi connectivity index (χ0) is 43.0. The van der Waals surface area contributed by atoms with Gasteiger partial charge in [-0.25, -0.2) is 19.2 Å². The van der Waals surface area contributed by atoms with Gasteiger partial charge in [0.25, 0.3) is 0 Å². The molecule has 4 aliphatic rings. The normalized spacial score (nSPS) is 34.2. The van der Waals surface area contributed by atoms with Crippen LogP contribution in [-0.2, 0) is 77.7 Å². The van der Waals surface area contributed by atoms with Gasteiger partial charge in [-0.05, 0) is 40.5 Å². The van der Waals surface area contributed by atoms with Crippen molar-refractivity contribution in [2.24, 2.45) is 0 Å². The summed E-state index contributed by atoms with van der Waals surface area (Å²) in [4.78, 5) is 47.9. The van der Waals surface area contributed by atoms with E-state index < -0.39 is 91.9 Å². The summed E-state index contributed by atoms with van der Waals surface area (Å²) in [6, 6.07) is 0.135. The number of hydrogen-bond donors (Lipinski definition) is 2. The fourth-order valence-corrected chi connectivity index (χ4v) is 44.0. The molecule has 4 fully saturated rings. The molecule has 2 N–H and O–H groups in total. The average molecular weight is 967 g/mol. The van der Waals surface area contributed by atoms with Gasteiger partial charge < -0.3 is 71.0 Å². The molecule has 0 radical (unpaired) electrons. The second-order valence-electron chi connectivity index (χ2n) is 14.2. The minimum atomic E-state index is -4.10. The number of fused-ring (bicyclic) bond motifs is 4. The Labute approximate surface area is 350 Å². The number of nitrogens with one attached hydrogen (secondary N) is 2. The first-order valence-electron chi connectivity index (χ1n) is 18.4. The topological polar surface area (TPSA) is 240 Å². The Morgan fingerprint density at radius 3 is 1.48 bits per heavy atom. The Morgan fingerprint density at radius 2 is 1.00 bits per heavy atom. The molecule has 4 rings (SSSR count). The molecule has 0 spiro atoms. The molecule has 7 atom stereocenters. The lowest BCUT2D eigenvalue weighted by Gasteiger charge is -2.56. The van der Waals surface area contributed by atoms with Crippen LogP contribution in [0, 0.1) is 0 Å². The number of alkyl carbamates (subject to hydrolysis) is 2. The molecule has 0 aliphatic carbocycles. The van der Waals surface area contributed by atoms with Crippen LogP contribution < -0.4 is 10.6 Å². The summed E-state index contributed by atoms with van der Waals surface area (Å²) < 4.78 is 100. The third kappa shape index (κ3) is 14.5. The Bertz CT molecular complexity index is 1550. The highest BCUT2D eigenvalue weighted by molar-refractivity contribution is 7.91. The first-order chi connectivity index (χ1) is 26.9. The van der Waals surface area contributed by atoms with E-state index in [1.807, 2.05) is 13.8 Å². The fraction of sp³-hybridized carbons (Fsp3) is 0.714. The SMILES string of the molecule is C=C(C)C(=O)OCCNC(=O)OCCC[Si]12OSO[Si]3(C)O[Si](C)(O[Si]4(C)O[Si](C)(O[Si](C)(OC(C)C)O[Si](CCCOC(=O)NCCOC(=O)C(=C)C)(O3)O4)O1)O2. The third-order valence-electron chi connectivity index (χ3n) is 7.61. The molecular formula is C28H54N2O20SSi7. The van der Waals surface area contributed by atoms with Crippen molar-refractivity contribution in [3.05, 3.63) is 24.3 Å². The zero-order valence-corrected chi connectivity index (χ0v) is 42.0. The quantitative estimate of drug-likeness (QED) is 0.0500. The molecule has 0 aromatic heterocycles. The van der Waals surface area contributed by atoms with Gasteiger partial charge in [-0.3, -0.25) is 7.74 Å². The van der Waals surface area contributed by atoms with Crippen molar-refractivity contribution in [2.45, 2.75) is 91.5 Å². The number of rotatable bonds is 18. The van der Waals surface area contributed by atoms with Crippen molar-refractivity contribution in [1.29, 1.82) is 0 Å². The molecule has 58 heavy (non-hydrogen) atoms. The van der Waals surface area contributed by atoms with E-state index in [4.69, 9.17) is 68.2 Å². The largest absolute Gasteiger partial charge is 0.499 e.